The topological polar surface area (TPSA) is 80.3 Å². The fraction of sp³-hybridized carbons (Fsp3) is 0.257. The van der Waals surface area contributed by atoms with E-state index >= 15 is 0 Å². The number of amides is 1. The number of anilines is 2. The Balaban J connectivity index is 1.32. The van der Waals surface area contributed by atoms with E-state index in [1.165, 1.54) is 6.20 Å². The lowest BCUT2D eigenvalue weighted by atomic mass is 10.1. The van der Waals surface area contributed by atoms with Crippen molar-refractivity contribution < 1.29 is 22.9 Å². The van der Waals surface area contributed by atoms with Gasteiger partial charge in [-0.15, -0.1) is 0 Å². The number of benzene rings is 2. The van der Waals surface area contributed by atoms with Crippen LogP contribution in [0.2, 0.25) is 5.02 Å². The fourth-order valence-corrected chi connectivity index (χ4v) is 5.35. The maximum Gasteiger partial charge on any atom is 0.261 e. The minimum Gasteiger partial charge on any atom is -0.494 e. The summed E-state index contributed by atoms with van der Waals surface area (Å²) in [6, 6.07) is 17.1. The molecule has 1 N–H and O–H groups in total. The van der Waals surface area contributed by atoms with E-state index in [9.17, 15) is 18.4 Å². The molecule has 0 saturated carbocycles. The highest BCUT2D eigenvalue weighted by atomic mass is 35.5. The second kappa shape index (κ2) is 15.0. The highest BCUT2D eigenvalue weighted by molar-refractivity contribution is 6.32. The molecule has 8 nitrogen and oxygen atoms in total. The molecule has 0 atom stereocenters. The van der Waals surface area contributed by atoms with Crippen molar-refractivity contribution in [2.75, 3.05) is 30.9 Å². The van der Waals surface area contributed by atoms with Gasteiger partial charge in [0.2, 0.25) is 5.43 Å². The number of rotatable bonds is 13. The Morgan fingerprint density at radius 3 is 2.39 bits per heavy atom. The van der Waals surface area contributed by atoms with Gasteiger partial charge in [0.05, 0.1) is 22.7 Å². The summed E-state index contributed by atoms with van der Waals surface area (Å²) in [6.45, 7) is 1.56. The van der Waals surface area contributed by atoms with Crippen LogP contribution in [-0.4, -0.2) is 36.2 Å². The second-order valence-corrected chi connectivity index (χ2v) is 11.5. The first-order valence-electron chi connectivity index (χ1n) is 15.1. The smallest absolute Gasteiger partial charge is 0.261 e. The molecule has 0 unspecified atom stereocenters. The summed E-state index contributed by atoms with van der Waals surface area (Å²) in [5.41, 5.74) is -0.223. The molecule has 1 amide bonds. The summed E-state index contributed by atoms with van der Waals surface area (Å²) < 4.78 is 37.2. The molecule has 0 radical (unpaired) electrons. The van der Waals surface area contributed by atoms with Crippen molar-refractivity contribution >= 4 is 40.0 Å². The van der Waals surface area contributed by atoms with E-state index in [1.54, 1.807) is 39.8 Å². The number of halogens is 3. The Kier molecular flexibility index (Phi) is 10.6. The van der Waals surface area contributed by atoms with Crippen LogP contribution in [0.15, 0.2) is 90.1 Å². The summed E-state index contributed by atoms with van der Waals surface area (Å²) in [7, 11) is 3.64. The van der Waals surface area contributed by atoms with Gasteiger partial charge in [-0.3, -0.25) is 14.2 Å². The van der Waals surface area contributed by atoms with Gasteiger partial charge >= 0.3 is 0 Å². The SMILES string of the molecule is CN(C)c1ccc2c(=O)c(C(=O)Nc3cc(F)cc(F)c3)cn(-c3ccc(OCCCCCCC[n+]4ccccc4)cc3Cl)c2n1. The number of nitrogens with zero attached hydrogens (tertiary/aromatic N) is 4. The first kappa shape index (κ1) is 32.6. The maximum atomic E-state index is 13.8. The first-order chi connectivity index (χ1) is 22.2. The van der Waals surface area contributed by atoms with Crippen molar-refractivity contribution in [3.8, 4) is 11.4 Å². The number of carbonyl (C=O) groups is 1. The molecule has 238 valence electrons. The van der Waals surface area contributed by atoms with Gasteiger partial charge in [0, 0.05) is 56.7 Å². The van der Waals surface area contributed by atoms with Gasteiger partial charge in [-0.1, -0.05) is 30.5 Å². The number of aromatic nitrogens is 3. The number of pyridine rings is 3. The third-order valence-corrected chi connectivity index (χ3v) is 7.75. The van der Waals surface area contributed by atoms with Gasteiger partial charge < -0.3 is 15.0 Å². The quantitative estimate of drug-likeness (QED) is 0.111. The summed E-state index contributed by atoms with van der Waals surface area (Å²) in [6.07, 6.45) is 10.9. The number of aryl methyl sites for hydroxylation is 1. The summed E-state index contributed by atoms with van der Waals surface area (Å²) in [5.74, 6) is -1.38. The lowest BCUT2D eigenvalue weighted by Crippen LogP contribution is -2.32. The lowest BCUT2D eigenvalue weighted by Gasteiger charge is -2.17. The standard InChI is InChI=1S/C35H34ClF2N5O3/c1-41(2)32-14-12-28-33(44)29(35(45)39-26-20-24(37)19-25(38)21-26)23-43(34(28)40-32)31-13-11-27(22-30(31)36)46-18-10-5-3-4-7-15-42-16-8-6-9-17-42/h6,8-9,11-14,16-17,19-23H,3-5,7,10,15,18H2,1-2H3/p+1. The normalized spacial score (nSPS) is 11.1. The molecule has 3 heterocycles. The van der Waals surface area contributed by atoms with E-state index in [0.717, 1.165) is 50.8 Å². The molecule has 0 aliphatic heterocycles. The Morgan fingerprint density at radius 2 is 1.67 bits per heavy atom. The zero-order valence-corrected chi connectivity index (χ0v) is 26.4. The van der Waals surface area contributed by atoms with Gasteiger partial charge in [0.25, 0.3) is 5.91 Å². The number of hydrogen-bond acceptors (Lipinski definition) is 5. The van der Waals surface area contributed by atoms with E-state index in [2.05, 4.69) is 27.3 Å². The third kappa shape index (κ3) is 8.06. The molecular formula is C35H35ClF2N5O3+. The van der Waals surface area contributed by atoms with Crippen LogP contribution >= 0.6 is 11.6 Å². The van der Waals surface area contributed by atoms with Crippen LogP contribution in [0.3, 0.4) is 0 Å². The molecule has 2 aromatic carbocycles. The monoisotopic (exact) mass is 646 g/mol. The fourth-order valence-electron chi connectivity index (χ4n) is 5.09. The Hall–Kier alpha value is -4.83. The molecule has 5 aromatic rings. The Morgan fingerprint density at radius 1 is 0.957 bits per heavy atom. The van der Waals surface area contributed by atoms with Crippen molar-refractivity contribution in [1.82, 2.24) is 9.55 Å². The van der Waals surface area contributed by atoms with Crippen LogP contribution in [0.1, 0.15) is 42.5 Å². The Labute approximate surface area is 270 Å². The molecule has 0 spiro atoms. The van der Waals surface area contributed by atoms with E-state index in [4.69, 9.17) is 16.3 Å². The molecule has 3 aromatic heterocycles. The van der Waals surface area contributed by atoms with Crippen LogP contribution in [-0.2, 0) is 6.54 Å². The van der Waals surface area contributed by atoms with E-state index in [0.29, 0.717) is 35.0 Å². The average molecular weight is 647 g/mol. The van der Waals surface area contributed by atoms with Gasteiger partial charge in [-0.2, -0.15) is 0 Å². The van der Waals surface area contributed by atoms with Gasteiger partial charge in [-0.25, -0.2) is 18.3 Å². The van der Waals surface area contributed by atoms with Crippen LogP contribution in [0.5, 0.6) is 5.75 Å². The predicted octanol–water partition coefficient (Wildman–Crippen LogP) is 6.95. The first-order valence-corrected chi connectivity index (χ1v) is 15.5. The summed E-state index contributed by atoms with van der Waals surface area (Å²) >= 11 is 6.75. The second-order valence-electron chi connectivity index (χ2n) is 11.1. The van der Waals surface area contributed by atoms with Crippen molar-refractivity contribution in [2.24, 2.45) is 0 Å². The molecule has 11 heteroatoms. The zero-order valence-electron chi connectivity index (χ0n) is 25.7. The van der Waals surface area contributed by atoms with Gasteiger partial charge in [0.1, 0.15) is 35.3 Å². The number of fused-ring (bicyclic) bond motifs is 1. The highest BCUT2D eigenvalue weighted by Gasteiger charge is 2.20. The molecule has 0 fully saturated rings. The highest BCUT2D eigenvalue weighted by Crippen LogP contribution is 2.29. The minimum absolute atomic E-state index is 0.125. The molecule has 0 aliphatic rings. The number of hydrogen-bond donors (Lipinski definition) is 1. The lowest BCUT2D eigenvalue weighted by molar-refractivity contribution is -0.697. The number of unbranched alkanes of at least 4 members (excludes halogenated alkanes) is 4. The van der Waals surface area contributed by atoms with E-state index < -0.39 is 23.0 Å². The summed E-state index contributed by atoms with van der Waals surface area (Å²) in [4.78, 5) is 33.1. The van der Waals surface area contributed by atoms with Crippen LogP contribution in [0.4, 0.5) is 20.3 Å². The van der Waals surface area contributed by atoms with Crippen molar-refractivity contribution in [2.45, 2.75) is 38.6 Å². The number of carbonyl (C=O) groups excluding carboxylic acids is 1. The molecule has 0 aliphatic carbocycles. The van der Waals surface area contributed by atoms with Gasteiger partial charge in [0.15, 0.2) is 18.0 Å². The molecule has 46 heavy (non-hydrogen) atoms. The van der Waals surface area contributed by atoms with E-state index in [-0.39, 0.29) is 22.3 Å². The van der Waals surface area contributed by atoms with Crippen LogP contribution in [0, 0.1) is 11.6 Å². The molecule has 0 saturated heterocycles. The number of nitrogens with one attached hydrogen (secondary N) is 1. The third-order valence-electron chi connectivity index (χ3n) is 7.44. The van der Waals surface area contributed by atoms with Gasteiger partial charge in [-0.05, 0) is 49.2 Å². The van der Waals surface area contributed by atoms with E-state index in [1.807, 2.05) is 32.3 Å². The Bertz CT molecular complexity index is 1880. The molecular weight excluding hydrogens is 612 g/mol. The largest absolute Gasteiger partial charge is 0.494 e. The van der Waals surface area contributed by atoms with Crippen LogP contribution < -0.4 is 24.9 Å². The molecule has 5 rings (SSSR count). The number of ether oxygens (including phenoxy) is 1. The predicted molar refractivity (Wildman–Crippen MR) is 176 cm³/mol. The maximum absolute atomic E-state index is 13.8. The van der Waals surface area contributed by atoms with Crippen LogP contribution in [0.25, 0.3) is 16.7 Å². The average Bonchev–Trinajstić information content (AvgIpc) is 3.02. The minimum atomic E-state index is -0.862. The molecule has 0 bridgehead atoms. The van der Waals surface area contributed by atoms with Crippen molar-refractivity contribution in [1.29, 1.82) is 0 Å². The summed E-state index contributed by atoms with van der Waals surface area (Å²) in [5, 5.41) is 2.90. The van der Waals surface area contributed by atoms with Crippen molar-refractivity contribution in [3.63, 3.8) is 0 Å². The van der Waals surface area contributed by atoms with Crippen molar-refractivity contribution in [3.05, 3.63) is 118 Å². The zero-order chi connectivity index (χ0) is 32.6.